The second kappa shape index (κ2) is 18.3. The maximum atomic E-state index is 12.5. The molecule has 0 bridgehead atoms. The van der Waals surface area contributed by atoms with Crippen molar-refractivity contribution in [2.24, 2.45) is 5.73 Å². The molecule has 0 saturated carbocycles. The third-order valence-corrected chi connectivity index (χ3v) is 12.1. The molecule has 3 aliphatic heterocycles. The lowest BCUT2D eigenvalue weighted by atomic mass is 10.0. The average Bonchev–Trinajstić information content (AvgIpc) is 3.20. The Morgan fingerprint density at radius 3 is 2.11 bits per heavy atom. The van der Waals surface area contributed by atoms with Gasteiger partial charge in [-0.2, -0.15) is 0 Å². The molecule has 6 heterocycles. The molecule has 5 aromatic rings. The van der Waals surface area contributed by atoms with Gasteiger partial charge in [-0.3, -0.25) is 14.4 Å². The van der Waals surface area contributed by atoms with E-state index < -0.39 is 0 Å². The Hall–Kier alpha value is -4.38. The molecule has 0 atom stereocenters. The summed E-state index contributed by atoms with van der Waals surface area (Å²) in [5, 5.41) is 7.02. The smallest absolute Gasteiger partial charge is 0.269 e. The summed E-state index contributed by atoms with van der Waals surface area (Å²) in [5.74, 6) is 1.70. The zero-order valence-electron chi connectivity index (χ0n) is 31.9. The minimum absolute atomic E-state index is 0.0317. The second-order valence-electron chi connectivity index (χ2n) is 14.6. The zero-order chi connectivity index (χ0) is 39.2. The SMILES string of the molecule is COc1ccc2ncc(=O)n(CCN3CCC(N)CC3)c2c1.Cc1ccc2ncc(=O)n(CCN3CCC(NCc4nc5c(cc4Cl)SCC(=O)N5)CC3)c2c1. The van der Waals surface area contributed by atoms with E-state index in [1.54, 1.807) is 11.7 Å². The second-order valence-corrected chi connectivity index (χ2v) is 16.0. The fraction of sp³-hybridized carbons (Fsp3) is 0.450. The Kier molecular flexibility index (Phi) is 13.0. The maximum Gasteiger partial charge on any atom is 0.269 e. The number of anilines is 1. The Balaban J connectivity index is 0.000000189. The van der Waals surface area contributed by atoms with E-state index in [1.807, 2.05) is 54.0 Å². The number of aromatic nitrogens is 5. The molecule has 14 nitrogen and oxygen atoms in total. The molecule has 0 unspecified atom stereocenters. The maximum absolute atomic E-state index is 12.5. The number of nitrogens with zero attached hydrogens (tertiary/aromatic N) is 7. The number of thioether (sulfide) groups is 1. The fourth-order valence-corrected chi connectivity index (χ4v) is 8.48. The largest absolute Gasteiger partial charge is 0.497 e. The lowest BCUT2D eigenvalue weighted by molar-refractivity contribution is -0.113. The number of methoxy groups -OCH3 is 1. The van der Waals surface area contributed by atoms with E-state index in [0.717, 1.165) is 109 Å². The normalized spacial score (nSPS) is 17.0. The number of carbonyl (C=O) groups excluding carboxylic acids is 1. The first-order valence-corrected chi connectivity index (χ1v) is 20.6. The third kappa shape index (κ3) is 9.76. The van der Waals surface area contributed by atoms with Gasteiger partial charge in [-0.15, -0.1) is 11.8 Å². The van der Waals surface area contributed by atoms with E-state index >= 15 is 0 Å². The fourth-order valence-electron chi connectivity index (χ4n) is 7.41. The van der Waals surface area contributed by atoms with Crippen LogP contribution in [0.25, 0.3) is 22.1 Å². The Morgan fingerprint density at radius 1 is 0.857 bits per heavy atom. The Bertz CT molecular complexity index is 2300. The number of amides is 1. The molecule has 8 rings (SSSR count). The van der Waals surface area contributed by atoms with E-state index in [-0.39, 0.29) is 17.0 Å². The molecule has 0 spiro atoms. The number of rotatable bonds is 10. The van der Waals surface area contributed by atoms with Gasteiger partial charge in [-0.25, -0.2) is 15.0 Å². The van der Waals surface area contributed by atoms with Gasteiger partial charge in [0.1, 0.15) is 11.6 Å². The minimum Gasteiger partial charge on any atom is -0.497 e. The van der Waals surface area contributed by atoms with Gasteiger partial charge in [0.05, 0.1) is 62.9 Å². The number of nitrogens with one attached hydrogen (secondary N) is 2. The monoisotopic (exact) mass is 800 g/mol. The molecule has 1 amide bonds. The van der Waals surface area contributed by atoms with Crippen molar-refractivity contribution in [2.75, 3.05) is 57.4 Å². The highest BCUT2D eigenvalue weighted by molar-refractivity contribution is 8.00. The number of benzene rings is 2. The molecule has 56 heavy (non-hydrogen) atoms. The summed E-state index contributed by atoms with van der Waals surface area (Å²) in [5.41, 5.74) is 11.0. The number of piperidine rings is 2. The van der Waals surface area contributed by atoms with Gasteiger partial charge >= 0.3 is 0 Å². The van der Waals surface area contributed by atoms with Crippen molar-refractivity contribution in [3.63, 3.8) is 0 Å². The standard InChI is InChI=1S/C24H27ClN6O2S.C16H22N4O2/c1-15-2-3-18-20(10-15)31(23(33)13-27-18)9-8-30-6-4-16(5-7-30)26-12-19-17(25)11-21-24(28-19)29-22(32)14-34-21;1-22-13-2-3-14-15(10-13)20(16(21)11-18-14)9-8-19-6-4-12(17)5-7-19/h2-3,10-11,13,16,26H,4-9,12,14H2,1H3,(H,28,29,32);2-3,10-12H,4-9,17H2,1H3. The first-order valence-electron chi connectivity index (χ1n) is 19.2. The molecule has 0 radical (unpaired) electrons. The number of ether oxygens (including phenoxy) is 1. The van der Waals surface area contributed by atoms with Crippen molar-refractivity contribution in [3.8, 4) is 5.75 Å². The number of aryl methyl sites for hydroxylation is 1. The topological polar surface area (TPSA) is 166 Å². The van der Waals surface area contributed by atoms with Crippen LogP contribution < -0.4 is 32.2 Å². The third-order valence-electron chi connectivity index (χ3n) is 10.7. The van der Waals surface area contributed by atoms with Gasteiger partial charge in [0, 0.05) is 50.9 Å². The van der Waals surface area contributed by atoms with E-state index in [2.05, 4.69) is 35.4 Å². The van der Waals surface area contributed by atoms with Crippen molar-refractivity contribution in [3.05, 3.63) is 91.8 Å². The van der Waals surface area contributed by atoms with Gasteiger partial charge in [0.15, 0.2) is 0 Å². The van der Waals surface area contributed by atoms with Crippen LogP contribution in [0.4, 0.5) is 5.82 Å². The molecule has 3 aromatic heterocycles. The molecule has 16 heteroatoms. The minimum atomic E-state index is -0.0746. The van der Waals surface area contributed by atoms with Crippen molar-refractivity contribution in [2.45, 2.75) is 69.2 Å². The van der Waals surface area contributed by atoms with Crippen molar-refractivity contribution in [1.29, 1.82) is 0 Å². The number of halogens is 1. The summed E-state index contributed by atoms with van der Waals surface area (Å²) in [4.78, 5) is 55.0. The van der Waals surface area contributed by atoms with Crippen LogP contribution in [0.15, 0.2) is 69.3 Å². The summed E-state index contributed by atoms with van der Waals surface area (Å²) in [6, 6.07) is 14.2. The van der Waals surface area contributed by atoms with Gasteiger partial charge in [-0.05, 0) is 94.7 Å². The van der Waals surface area contributed by atoms with Crippen LogP contribution in [0.1, 0.15) is 36.9 Å². The van der Waals surface area contributed by atoms with Crippen LogP contribution in [-0.2, 0) is 24.4 Å². The summed E-state index contributed by atoms with van der Waals surface area (Å²) in [6.07, 6.45) is 6.89. The average molecular weight is 801 g/mol. The van der Waals surface area contributed by atoms with Crippen LogP contribution in [0.2, 0.25) is 5.02 Å². The van der Waals surface area contributed by atoms with Crippen LogP contribution >= 0.6 is 23.4 Å². The van der Waals surface area contributed by atoms with Crippen LogP contribution in [0.3, 0.4) is 0 Å². The van der Waals surface area contributed by atoms with Crippen LogP contribution in [0, 0.1) is 6.92 Å². The molecule has 2 aromatic carbocycles. The van der Waals surface area contributed by atoms with E-state index in [9.17, 15) is 14.4 Å². The van der Waals surface area contributed by atoms with Crippen molar-refractivity contribution in [1.82, 2.24) is 39.2 Å². The summed E-state index contributed by atoms with van der Waals surface area (Å²) < 4.78 is 8.87. The molecule has 4 N–H and O–H groups in total. The van der Waals surface area contributed by atoms with Crippen molar-refractivity contribution >= 4 is 57.2 Å². The highest BCUT2D eigenvalue weighted by Crippen LogP contribution is 2.33. The number of carbonyl (C=O) groups is 1. The molecule has 2 saturated heterocycles. The predicted octanol–water partition coefficient (Wildman–Crippen LogP) is 3.88. The van der Waals surface area contributed by atoms with Crippen molar-refractivity contribution < 1.29 is 9.53 Å². The van der Waals surface area contributed by atoms with E-state index in [1.165, 1.54) is 24.2 Å². The first-order chi connectivity index (χ1) is 27.1. The van der Waals surface area contributed by atoms with Gasteiger partial charge in [-0.1, -0.05) is 17.7 Å². The highest BCUT2D eigenvalue weighted by Gasteiger charge is 2.22. The van der Waals surface area contributed by atoms with E-state index in [4.69, 9.17) is 22.1 Å². The van der Waals surface area contributed by atoms with Crippen LogP contribution in [0.5, 0.6) is 5.75 Å². The number of hydrogen-bond acceptors (Lipinski definition) is 12. The lowest BCUT2D eigenvalue weighted by Gasteiger charge is -2.32. The Labute approximate surface area is 334 Å². The predicted molar refractivity (Wildman–Crippen MR) is 222 cm³/mol. The number of likely N-dealkylation sites (tertiary alicyclic amines) is 2. The molecule has 296 valence electrons. The first kappa shape index (κ1) is 39.8. The van der Waals surface area contributed by atoms with Gasteiger partial charge in [0.2, 0.25) is 5.91 Å². The summed E-state index contributed by atoms with van der Waals surface area (Å²) in [6.45, 7) is 9.51. The number of pyridine rings is 1. The summed E-state index contributed by atoms with van der Waals surface area (Å²) in [7, 11) is 1.62. The Morgan fingerprint density at radius 2 is 1.46 bits per heavy atom. The number of fused-ring (bicyclic) bond motifs is 3. The quantitative estimate of drug-likeness (QED) is 0.187. The number of hydrogen-bond donors (Lipinski definition) is 3. The molecular weight excluding hydrogens is 752 g/mol. The molecule has 2 fully saturated rings. The van der Waals surface area contributed by atoms with Gasteiger partial charge < -0.3 is 40.0 Å². The van der Waals surface area contributed by atoms with Crippen LogP contribution in [-0.4, -0.2) is 104 Å². The highest BCUT2D eigenvalue weighted by atomic mass is 35.5. The number of nitrogens with two attached hydrogens (primary N) is 1. The lowest BCUT2D eigenvalue weighted by Crippen LogP contribution is -2.43. The van der Waals surface area contributed by atoms with Gasteiger partial charge in [0.25, 0.3) is 11.1 Å². The zero-order valence-corrected chi connectivity index (χ0v) is 33.4. The molecular formula is C40H49ClN10O4S. The van der Waals surface area contributed by atoms with E-state index in [0.29, 0.717) is 48.3 Å². The summed E-state index contributed by atoms with van der Waals surface area (Å²) >= 11 is 7.89. The molecule has 0 aliphatic carbocycles. The molecule has 3 aliphatic rings.